The van der Waals surface area contributed by atoms with Crippen LogP contribution in [0.15, 0.2) is 17.6 Å². The number of carbonyl (C=O) groups excluding carboxylic acids is 1. The van der Waals surface area contributed by atoms with Crippen molar-refractivity contribution in [3.8, 4) is 0 Å². The number of aromatic amines is 1. The molecule has 0 spiro atoms. The van der Waals surface area contributed by atoms with Crippen LogP contribution in [0.3, 0.4) is 0 Å². The number of imidazole rings is 1. The number of nitrogens with zero attached hydrogens (tertiary/aromatic N) is 2. The van der Waals surface area contributed by atoms with Gasteiger partial charge in [0.05, 0.1) is 19.6 Å². The van der Waals surface area contributed by atoms with Crippen LogP contribution in [0.4, 0.5) is 0 Å². The minimum atomic E-state index is -3.69. The molecule has 0 bridgehead atoms. The van der Waals surface area contributed by atoms with Crippen molar-refractivity contribution < 1.29 is 17.9 Å². The second-order valence-electron chi connectivity index (χ2n) is 2.75. The zero-order chi connectivity index (χ0) is 11.5. The minimum absolute atomic E-state index is 0.0612. The predicted octanol–water partition coefficient (Wildman–Crippen LogP) is -0.797. The number of esters is 1. The summed E-state index contributed by atoms with van der Waals surface area (Å²) < 4.78 is 28.6. The van der Waals surface area contributed by atoms with Gasteiger partial charge < -0.3 is 9.72 Å². The number of sulfonamides is 1. The van der Waals surface area contributed by atoms with Gasteiger partial charge in [-0.25, -0.2) is 13.4 Å². The molecule has 0 amide bonds. The molecule has 0 aromatic carbocycles. The molecule has 0 saturated heterocycles. The van der Waals surface area contributed by atoms with E-state index in [-0.39, 0.29) is 11.6 Å². The maximum absolute atomic E-state index is 11.7. The van der Waals surface area contributed by atoms with E-state index in [1.807, 2.05) is 0 Å². The van der Waals surface area contributed by atoms with E-state index in [9.17, 15) is 13.2 Å². The summed E-state index contributed by atoms with van der Waals surface area (Å²) in [4.78, 5) is 16.9. The zero-order valence-electron chi connectivity index (χ0n) is 8.30. The third-order valence-corrected chi connectivity index (χ3v) is 3.47. The van der Waals surface area contributed by atoms with Gasteiger partial charge in [0.15, 0.2) is 5.03 Å². The Kier molecular flexibility index (Phi) is 3.43. The van der Waals surface area contributed by atoms with Crippen LogP contribution in [-0.2, 0) is 19.6 Å². The van der Waals surface area contributed by atoms with Crippen LogP contribution in [0.25, 0.3) is 0 Å². The topological polar surface area (TPSA) is 92.4 Å². The smallest absolute Gasteiger partial charge is 0.321 e. The van der Waals surface area contributed by atoms with Crippen LogP contribution in [0, 0.1) is 0 Å². The molecule has 0 unspecified atom stereocenters. The highest BCUT2D eigenvalue weighted by atomic mass is 32.2. The summed E-state index contributed by atoms with van der Waals surface area (Å²) >= 11 is 0. The summed E-state index contributed by atoms with van der Waals surface area (Å²) in [6, 6.07) is 0. The monoisotopic (exact) mass is 233 g/mol. The average Bonchev–Trinajstić information content (AvgIpc) is 2.70. The fraction of sp³-hybridized carbons (Fsp3) is 0.429. The standard InChI is InChI=1S/C7H11N3O4S/c1-10(4-7(11)14-2)15(12,13)6-3-8-5-9-6/h3,5H,4H2,1-2H3,(H,8,9). The van der Waals surface area contributed by atoms with Crippen molar-refractivity contribution in [2.45, 2.75) is 5.03 Å². The number of methoxy groups -OCH3 is 1. The second kappa shape index (κ2) is 4.41. The number of aromatic nitrogens is 2. The molecular formula is C7H11N3O4S. The number of rotatable bonds is 4. The maximum atomic E-state index is 11.7. The maximum Gasteiger partial charge on any atom is 0.321 e. The van der Waals surface area contributed by atoms with Crippen LogP contribution in [0.2, 0.25) is 0 Å². The lowest BCUT2D eigenvalue weighted by Crippen LogP contribution is -2.32. The Hall–Kier alpha value is -1.41. The highest BCUT2D eigenvalue weighted by Crippen LogP contribution is 2.09. The first-order valence-electron chi connectivity index (χ1n) is 4.00. The summed E-state index contributed by atoms with van der Waals surface area (Å²) in [6.07, 6.45) is 2.42. The molecule has 0 aliphatic carbocycles. The first-order chi connectivity index (χ1) is 6.98. The van der Waals surface area contributed by atoms with Gasteiger partial charge in [-0.05, 0) is 0 Å². The van der Waals surface area contributed by atoms with Gasteiger partial charge in [0.2, 0.25) is 0 Å². The molecule has 1 aromatic rings. The van der Waals surface area contributed by atoms with Gasteiger partial charge in [-0.1, -0.05) is 0 Å². The van der Waals surface area contributed by atoms with Crippen molar-refractivity contribution in [1.29, 1.82) is 0 Å². The highest BCUT2D eigenvalue weighted by molar-refractivity contribution is 7.89. The molecule has 15 heavy (non-hydrogen) atoms. The number of nitrogens with one attached hydrogen (secondary N) is 1. The van der Waals surface area contributed by atoms with E-state index in [1.165, 1.54) is 26.7 Å². The summed E-state index contributed by atoms with van der Waals surface area (Å²) in [5.74, 6) is -0.624. The van der Waals surface area contributed by atoms with E-state index in [2.05, 4.69) is 14.7 Å². The Labute approximate surface area is 87.1 Å². The van der Waals surface area contributed by atoms with Crippen LogP contribution in [0.5, 0.6) is 0 Å². The fourth-order valence-electron chi connectivity index (χ4n) is 0.883. The van der Waals surface area contributed by atoms with Crippen molar-refractivity contribution in [2.75, 3.05) is 20.7 Å². The van der Waals surface area contributed by atoms with E-state index < -0.39 is 16.0 Å². The Morgan fingerprint density at radius 2 is 2.33 bits per heavy atom. The molecule has 0 aliphatic heterocycles. The normalized spacial score (nSPS) is 11.7. The third-order valence-electron chi connectivity index (χ3n) is 1.74. The van der Waals surface area contributed by atoms with Crippen molar-refractivity contribution in [2.24, 2.45) is 0 Å². The lowest BCUT2D eigenvalue weighted by Gasteiger charge is -2.13. The van der Waals surface area contributed by atoms with E-state index >= 15 is 0 Å². The molecule has 1 aromatic heterocycles. The van der Waals surface area contributed by atoms with E-state index in [0.29, 0.717) is 0 Å². The summed E-state index contributed by atoms with van der Waals surface area (Å²) in [6.45, 7) is -0.335. The van der Waals surface area contributed by atoms with Gasteiger partial charge in [-0.2, -0.15) is 4.31 Å². The Morgan fingerprint density at radius 3 is 2.80 bits per heavy atom. The molecule has 84 valence electrons. The zero-order valence-corrected chi connectivity index (χ0v) is 9.11. The van der Waals surface area contributed by atoms with Crippen LogP contribution >= 0.6 is 0 Å². The van der Waals surface area contributed by atoms with Gasteiger partial charge >= 0.3 is 5.97 Å². The van der Waals surface area contributed by atoms with Crippen LogP contribution < -0.4 is 0 Å². The Morgan fingerprint density at radius 1 is 1.67 bits per heavy atom. The van der Waals surface area contributed by atoms with Gasteiger partial charge in [-0.3, -0.25) is 4.79 Å². The van der Waals surface area contributed by atoms with Crippen molar-refractivity contribution in [1.82, 2.24) is 14.3 Å². The molecule has 0 aliphatic rings. The molecule has 1 N–H and O–H groups in total. The fourth-order valence-corrected chi connectivity index (χ4v) is 1.89. The molecule has 0 fully saturated rings. The Balaban J connectivity index is 2.84. The SMILES string of the molecule is COC(=O)CN(C)S(=O)(=O)c1cnc[nH]1. The summed E-state index contributed by atoms with van der Waals surface area (Å²) in [5.41, 5.74) is 0. The van der Waals surface area contributed by atoms with Gasteiger partial charge in [-0.15, -0.1) is 0 Å². The minimum Gasteiger partial charge on any atom is -0.468 e. The first kappa shape index (κ1) is 11.7. The van der Waals surface area contributed by atoms with Gasteiger partial charge in [0, 0.05) is 7.05 Å². The predicted molar refractivity (Wildman–Crippen MR) is 50.4 cm³/mol. The number of hydrogen-bond acceptors (Lipinski definition) is 5. The lowest BCUT2D eigenvalue weighted by atomic mass is 10.7. The third kappa shape index (κ3) is 2.54. The van der Waals surface area contributed by atoms with Crippen molar-refractivity contribution >= 4 is 16.0 Å². The van der Waals surface area contributed by atoms with E-state index in [0.717, 1.165) is 4.31 Å². The number of ether oxygens (including phenoxy) is 1. The Bertz CT molecular complexity index is 425. The number of hydrogen-bond donors (Lipinski definition) is 1. The molecule has 1 heterocycles. The summed E-state index contributed by atoms with van der Waals surface area (Å²) in [5, 5.41) is -0.0612. The second-order valence-corrected chi connectivity index (χ2v) is 4.77. The highest BCUT2D eigenvalue weighted by Gasteiger charge is 2.24. The lowest BCUT2D eigenvalue weighted by molar-refractivity contribution is -0.140. The molecule has 0 atom stereocenters. The van der Waals surface area contributed by atoms with Crippen LogP contribution in [0.1, 0.15) is 0 Å². The quantitative estimate of drug-likeness (QED) is 0.687. The number of likely N-dealkylation sites (N-methyl/N-ethyl adjacent to an activating group) is 1. The molecule has 7 nitrogen and oxygen atoms in total. The van der Waals surface area contributed by atoms with Gasteiger partial charge in [0.25, 0.3) is 10.0 Å². The van der Waals surface area contributed by atoms with Crippen LogP contribution in [-0.4, -0.2) is 49.4 Å². The number of H-pyrrole nitrogens is 1. The number of carbonyl (C=O) groups is 1. The average molecular weight is 233 g/mol. The summed E-state index contributed by atoms with van der Waals surface area (Å²) in [7, 11) is -1.21. The first-order valence-corrected chi connectivity index (χ1v) is 5.44. The van der Waals surface area contributed by atoms with Crippen molar-refractivity contribution in [3.63, 3.8) is 0 Å². The largest absolute Gasteiger partial charge is 0.468 e. The molecule has 8 heteroatoms. The van der Waals surface area contributed by atoms with Gasteiger partial charge in [0.1, 0.15) is 6.54 Å². The van der Waals surface area contributed by atoms with E-state index in [4.69, 9.17) is 0 Å². The molecule has 1 rings (SSSR count). The van der Waals surface area contributed by atoms with E-state index in [1.54, 1.807) is 0 Å². The molecule has 0 saturated carbocycles. The molecule has 0 radical (unpaired) electrons. The van der Waals surface area contributed by atoms with Crippen molar-refractivity contribution in [3.05, 3.63) is 12.5 Å². The molecular weight excluding hydrogens is 222 g/mol.